The van der Waals surface area contributed by atoms with Crippen molar-refractivity contribution in [2.45, 2.75) is 20.1 Å². The Morgan fingerprint density at radius 2 is 1.79 bits per heavy atom. The molecule has 0 fully saturated rings. The largest absolute Gasteiger partial charge is 0.380 e. The molecular formula is C11H17NO2. The maximum Gasteiger partial charge on any atom is 0.0713 e. The first kappa shape index (κ1) is 11.2. The first-order valence-corrected chi connectivity index (χ1v) is 4.78. The van der Waals surface area contributed by atoms with E-state index in [0.717, 1.165) is 6.54 Å². The predicted molar refractivity (Wildman–Crippen MR) is 55.6 cm³/mol. The Morgan fingerprint density at radius 1 is 1.14 bits per heavy atom. The standard InChI is InChI=1S/C11H17NO2/c1-3-14-12-8-10-4-6-11(7-5-10)9-13-2/h4-7,12H,3,8-9H2,1-2H3. The van der Waals surface area contributed by atoms with Crippen molar-refractivity contribution < 1.29 is 9.57 Å². The summed E-state index contributed by atoms with van der Waals surface area (Å²) in [4.78, 5) is 5.04. The molecule has 0 aliphatic rings. The van der Waals surface area contributed by atoms with Gasteiger partial charge in [-0.2, -0.15) is 5.48 Å². The Kier molecular flexibility index (Phi) is 5.22. The minimum Gasteiger partial charge on any atom is -0.380 e. The van der Waals surface area contributed by atoms with Gasteiger partial charge in [-0.25, -0.2) is 0 Å². The number of rotatable bonds is 6. The fourth-order valence-electron chi connectivity index (χ4n) is 1.16. The van der Waals surface area contributed by atoms with Crippen molar-refractivity contribution in [3.63, 3.8) is 0 Å². The Labute approximate surface area is 85.0 Å². The van der Waals surface area contributed by atoms with Crippen LogP contribution in [0.2, 0.25) is 0 Å². The summed E-state index contributed by atoms with van der Waals surface area (Å²) in [5, 5.41) is 0. The molecule has 14 heavy (non-hydrogen) atoms. The van der Waals surface area contributed by atoms with Gasteiger partial charge in [0.2, 0.25) is 0 Å². The van der Waals surface area contributed by atoms with E-state index in [1.807, 2.05) is 6.92 Å². The van der Waals surface area contributed by atoms with E-state index in [0.29, 0.717) is 13.2 Å². The maximum atomic E-state index is 5.04. The third kappa shape index (κ3) is 3.87. The zero-order chi connectivity index (χ0) is 10.2. The summed E-state index contributed by atoms with van der Waals surface area (Å²) in [7, 11) is 1.70. The van der Waals surface area contributed by atoms with Gasteiger partial charge in [-0.3, -0.25) is 0 Å². The molecule has 0 aromatic heterocycles. The van der Waals surface area contributed by atoms with Gasteiger partial charge in [0.1, 0.15) is 0 Å². The summed E-state index contributed by atoms with van der Waals surface area (Å²) in [5.41, 5.74) is 5.27. The lowest BCUT2D eigenvalue weighted by molar-refractivity contribution is 0.0463. The van der Waals surface area contributed by atoms with E-state index >= 15 is 0 Å². The second-order valence-electron chi connectivity index (χ2n) is 3.00. The molecule has 1 aromatic carbocycles. The molecule has 1 N–H and O–H groups in total. The number of hydrogen-bond acceptors (Lipinski definition) is 3. The summed E-state index contributed by atoms with van der Waals surface area (Å²) < 4.78 is 5.03. The molecular weight excluding hydrogens is 178 g/mol. The number of methoxy groups -OCH3 is 1. The van der Waals surface area contributed by atoms with Gasteiger partial charge in [0.25, 0.3) is 0 Å². The molecule has 1 aromatic rings. The van der Waals surface area contributed by atoms with Crippen LogP contribution in [0.3, 0.4) is 0 Å². The molecule has 0 spiro atoms. The summed E-state index contributed by atoms with van der Waals surface area (Å²) >= 11 is 0. The Hall–Kier alpha value is -0.900. The molecule has 0 saturated heterocycles. The Morgan fingerprint density at radius 3 is 2.36 bits per heavy atom. The summed E-state index contributed by atoms with van der Waals surface area (Å²) in [6.07, 6.45) is 0. The van der Waals surface area contributed by atoms with E-state index in [-0.39, 0.29) is 0 Å². The number of hydroxylamine groups is 1. The second-order valence-corrected chi connectivity index (χ2v) is 3.00. The van der Waals surface area contributed by atoms with Crippen molar-refractivity contribution in [1.82, 2.24) is 5.48 Å². The van der Waals surface area contributed by atoms with Gasteiger partial charge < -0.3 is 9.57 Å². The number of ether oxygens (including phenoxy) is 1. The topological polar surface area (TPSA) is 30.5 Å². The van der Waals surface area contributed by atoms with E-state index in [1.54, 1.807) is 7.11 Å². The average Bonchev–Trinajstić information content (AvgIpc) is 2.21. The smallest absolute Gasteiger partial charge is 0.0713 e. The van der Waals surface area contributed by atoms with Crippen LogP contribution in [0.1, 0.15) is 18.1 Å². The van der Waals surface area contributed by atoms with E-state index in [1.165, 1.54) is 11.1 Å². The average molecular weight is 195 g/mol. The van der Waals surface area contributed by atoms with E-state index < -0.39 is 0 Å². The molecule has 3 nitrogen and oxygen atoms in total. The van der Waals surface area contributed by atoms with Gasteiger partial charge in [-0.15, -0.1) is 0 Å². The first-order valence-electron chi connectivity index (χ1n) is 4.78. The highest BCUT2D eigenvalue weighted by molar-refractivity contribution is 5.21. The lowest BCUT2D eigenvalue weighted by Gasteiger charge is -2.04. The monoisotopic (exact) mass is 195 g/mol. The molecule has 0 aliphatic carbocycles. The first-order chi connectivity index (χ1) is 6.86. The highest BCUT2D eigenvalue weighted by Gasteiger charge is 1.93. The minimum absolute atomic E-state index is 0.666. The summed E-state index contributed by atoms with van der Waals surface area (Å²) in [6.45, 7) is 4.04. The molecule has 0 amide bonds. The van der Waals surface area contributed by atoms with Crippen LogP contribution in [0.4, 0.5) is 0 Å². The van der Waals surface area contributed by atoms with Crippen LogP contribution in [0, 0.1) is 0 Å². The van der Waals surface area contributed by atoms with Crippen molar-refractivity contribution in [3.8, 4) is 0 Å². The van der Waals surface area contributed by atoms with Crippen molar-refractivity contribution in [3.05, 3.63) is 35.4 Å². The van der Waals surface area contributed by atoms with E-state index in [2.05, 4.69) is 29.7 Å². The highest BCUT2D eigenvalue weighted by Crippen LogP contribution is 2.04. The fourth-order valence-corrected chi connectivity index (χ4v) is 1.16. The van der Waals surface area contributed by atoms with Gasteiger partial charge in [0.05, 0.1) is 13.2 Å². The summed E-state index contributed by atoms with van der Waals surface area (Å²) in [6, 6.07) is 8.26. The Balaban J connectivity index is 2.38. The molecule has 0 unspecified atom stereocenters. The fraction of sp³-hybridized carbons (Fsp3) is 0.455. The SMILES string of the molecule is CCONCc1ccc(COC)cc1. The van der Waals surface area contributed by atoms with Crippen LogP contribution < -0.4 is 5.48 Å². The molecule has 0 bridgehead atoms. The third-order valence-electron chi connectivity index (χ3n) is 1.86. The van der Waals surface area contributed by atoms with Crippen LogP contribution in [-0.2, 0) is 22.7 Å². The van der Waals surface area contributed by atoms with E-state index in [9.17, 15) is 0 Å². The molecule has 3 heteroatoms. The van der Waals surface area contributed by atoms with Gasteiger partial charge in [-0.05, 0) is 18.1 Å². The zero-order valence-corrected chi connectivity index (χ0v) is 8.75. The second kappa shape index (κ2) is 6.54. The Bertz CT molecular complexity index is 246. The molecule has 0 atom stereocenters. The van der Waals surface area contributed by atoms with Crippen LogP contribution in [-0.4, -0.2) is 13.7 Å². The maximum absolute atomic E-state index is 5.04. The molecule has 0 radical (unpaired) electrons. The molecule has 78 valence electrons. The van der Waals surface area contributed by atoms with Crippen molar-refractivity contribution in [1.29, 1.82) is 0 Å². The molecule has 1 rings (SSSR count). The van der Waals surface area contributed by atoms with Gasteiger partial charge >= 0.3 is 0 Å². The van der Waals surface area contributed by atoms with Gasteiger partial charge in [-0.1, -0.05) is 24.3 Å². The number of benzene rings is 1. The highest BCUT2D eigenvalue weighted by atomic mass is 16.6. The van der Waals surface area contributed by atoms with Gasteiger partial charge in [0, 0.05) is 13.7 Å². The lowest BCUT2D eigenvalue weighted by atomic mass is 10.1. The lowest BCUT2D eigenvalue weighted by Crippen LogP contribution is -2.13. The van der Waals surface area contributed by atoms with Crippen molar-refractivity contribution >= 4 is 0 Å². The van der Waals surface area contributed by atoms with Crippen molar-refractivity contribution in [2.24, 2.45) is 0 Å². The summed E-state index contributed by atoms with van der Waals surface area (Å²) in [5.74, 6) is 0. The van der Waals surface area contributed by atoms with Gasteiger partial charge in [0.15, 0.2) is 0 Å². The van der Waals surface area contributed by atoms with Crippen LogP contribution >= 0.6 is 0 Å². The predicted octanol–water partition coefficient (Wildman–Crippen LogP) is 1.87. The number of hydrogen-bond donors (Lipinski definition) is 1. The normalized spacial score (nSPS) is 10.4. The zero-order valence-electron chi connectivity index (χ0n) is 8.75. The van der Waals surface area contributed by atoms with E-state index in [4.69, 9.17) is 9.57 Å². The molecule has 0 saturated carbocycles. The van der Waals surface area contributed by atoms with Crippen molar-refractivity contribution in [2.75, 3.05) is 13.7 Å². The minimum atomic E-state index is 0.666. The molecule has 0 heterocycles. The number of nitrogens with one attached hydrogen (secondary N) is 1. The molecule has 0 aliphatic heterocycles. The van der Waals surface area contributed by atoms with Crippen LogP contribution in [0.5, 0.6) is 0 Å². The van der Waals surface area contributed by atoms with Crippen LogP contribution in [0.25, 0.3) is 0 Å². The van der Waals surface area contributed by atoms with Crippen LogP contribution in [0.15, 0.2) is 24.3 Å². The third-order valence-corrected chi connectivity index (χ3v) is 1.86. The quantitative estimate of drug-likeness (QED) is 0.555.